The molecule has 0 bridgehead atoms. The molecule has 0 atom stereocenters. The van der Waals surface area contributed by atoms with E-state index in [2.05, 4.69) is 23.2 Å². The third-order valence-electron chi connectivity index (χ3n) is 5.72. The third-order valence-corrected chi connectivity index (χ3v) is 5.72. The van der Waals surface area contributed by atoms with Gasteiger partial charge in [0.15, 0.2) is 0 Å². The van der Waals surface area contributed by atoms with E-state index in [9.17, 15) is 9.59 Å². The van der Waals surface area contributed by atoms with Gasteiger partial charge in [0, 0.05) is 43.3 Å². The number of hydrogen-bond donors (Lipinski definition) is 1. The van der Waals surface area contributed by atoms with Gasteiger partial charge in [-0.2, -0.15) is 5.26 Å². The lowest BCUT2D eigenvalue weighted by atomic mass is 10.0. The van der Waals surface area contributed by atoms with Crippen LogP contribution in [0.5, 0.6) is 0 Å². The Hall–Kier alpha value is -3.17. The molecule has 31 heavy (non-hydrogen) atoms. The van der Waals surface area contributed by atoms with Crippen LogP contribution in [0.1, 0.15) is 48.5 Å². The number of carbonyl (C=O) groups is 2. The maximum absolute atomic E-state index is 12.7. The standard InChI is InChI=1S/C25H30N4O2/c1-2-15-28(18-14-24(30)27-22-10-8-20(19-26)9-11-22)23-12-16-29(17-13-23)25(31)21-6-4-3-5-7-21/h3-11,23H,2,12-18H2,1H3,(H,27,30). The van der Waals surface area contributed by atoms with Gasteiger partial charge >= 0.3 is 0 Å². The number of nitrogens with zero attached hydrogens (tertiary/aromatic N) is 3. The Morgan fingerprint density at radius 1 is 1.06 bits per heavy atom. The number of carbonyl (C=O) groups excluding carboxylic acids is 2. The van der Waals surface area contributed by atoms with E-state index >= 15 is 0 Å². The molecule has 6 nitrogen and oxygen atoms in total. The normalized spacial score (nSPS) is 14.3. The van der Waals surface area contributed by atoms with Crippen molar-refractivity contribution in [2.45, 2.75) is 38.6 Å². The molecule has 1 aliphatic heterocycles. The Morgan fingerprint density at radius 3 is 2.35 bits per heavy atom. The van der Waals surface area contributed by atoms with Gasteiger partial charge in [0.05, 0.1) is 11.6 Å². The van der Waals surface area contributed by atoms with Crippen LogP contribution in [0.15, 0.2) is 54.6 Å². The smallest absolute Gasteiger partial charge is 0.253 e. The van der Waals surface area contributed by atoms with Crippen molar-refractivity contribution in [1.82, 2.24) is 9.80 Å². The number of rotatable bonds is 8. The fourth-order valence-corrected chi connectivity index (χ4v) is 4.06. The Kier molecular flexibility index (Phi) is 8.19. The monoisotopic (exact) mass is 418 g/mol. The fourth-order valence-electron chi connectivity index (χ4n) is 4.06. The van der Waals surface area contributed by atoms with E-state index < -0.39 is 0 Å². The van der Waals surface area contributed by atoms with Gasteiger partial charge < -0.3 is 10.2 Å². The molecule has 1 fully saturated rings. The molecule has 6 heteroatoms. The van der Waals surface area contributed by atoms with E-state index in [1.165, 1.54) is 0 Å². The second-order valence-corrected chi connectivity index (χ2v) is 7.91. The molecule has 0 saturated carbocycles. The summed E-state index contributed by atoms with van der Waals surface area (Å²) in [6.45, 7) is 5.29. The van der Waals surface area contributed by atoms with Crippen LogP contribution >= 0.6 is 0 Å². The maximum atomic E-state index is 12.7. The molecule has 2 amide bonds. The van der Waals surface area contributed by atoms with Crippen molar-refractivity contribution in [3.63, 3.8) is 0 Å². The lowest BCUT2D eigenvalue weighted by Crippen LogP contribution is -2.47. The number of amides is 2. The van der Waals surface area contributed by atoms with Crippen molar-refractivity contribution in [1.29, 1.82) is 5.26 Å². The first-order valence-electron chi connectivity index (χ1n) is 11.0. The largest absolute Gasteiger partial charge is 0.339 e. The highest BCUT2D eigenvalue weighted by Gasteiger charge is 2.27. The molecule has 162 valence electrons. The highest BCUT2D eigenvalue weighted by molar-refractivity contribution is 5.94. The summed E-state index contributed by atoms with van der Waals surface area (Å²) in [4.78, 5) is 29.4. The molecule has 0 spiro atoms. The number of nitrogens with one attached hydrogen (secondary N) is 1. The van der Waals surface area contributed by atoms with Gasteiger partial charge in [0.25, 0.3) is 5.91 Å². The molecule has 0 aromatic heterocycles. The molecule has 1 saturated heterocycles. The maximum Gasteiger partial charge on any atom is 0.253 e. The third kappa shape index (κ3) is 6.40. The van der Waals surface area contributed by atoms with E-state index in [-0.39, 0.29) is 11.8 Å². The predicted molar refractivity (Wildman–Crippen MR) is 122 cm³/mol. The molecular weight excluding hydrogens is 388 g/mol. The molecule has 1 heterocycles. The average molecular weight is 419 g/mol. The van der Waals surface area contributed by atoms with E-state index in [0.717, 1.165) is 44.5 Å². The van der Waals surface area contributed by atoms with Gasteiger partial charge in [-0.25, -0.2) is 0 Å². The van der Waals surface area contributed by atoms with Crippen LogP contribution in [0.4, 0.5) is 5.69 Å². The van der Waals surface area contributed by atoms with Gasteiger partial charge in [-0.15, -0.1) is 0 Å². The summed E-state index contributed by atoms with van der Waals surface area (Å²) in [5.74, 6) is 0.0744. The first kappa shape index (κ1) is 22.5. The minimum Gasteiger partial charge on any atom is -0.339 e. The van der Waals surface area contributed by atoms with E-state index in [4.69, 9.17) is 5.26 Å². The van der Waals surface area contributed by atoms with Crippen molar-refractivity contribution in [2.75, 3.05) is 31.5 Å². The van der Waals surface area contributed by atoms with Crippen LogP contribution < -0.4 is 5.32 Å². The molecule has 2 aromatic rings. The molecule has 3 rings (SSSR count). The first-order valence-corrected chi connectivity index (χ1v) is 11.0. The summed E-state index contributed by atoms with van der Waals surface area (Å²) >= 11 is 0. The average Bonchev–Trinajstić information content (AvgIpc) is 2.82. The first-order chi connectivity index (χ1) is 15.1. The van der Waals surface area contributed by atoms with Gasteiger partial charge in [0.2, 0.25) is 5.91 Å². The molecule has 2 aromatic carbocycles. The quantitative estimate of drug-likeness (QED) is 0.705. The topological polar surface area (TPSA) is 76.4 Å². The zero-order chi connectivity index (χ0) is 22.1. The summed E-state index contributed by atoms with van der Waals surface area (Å²) in [6, 6.07) is 18.8. The fraction of sp³-hybridized carbons (Fsp3) is 0.400. The Balaban J connectivity index is 1.48. The number of hydrogen-bond acceptors (Lipinski definition) is 4. The zero-order valence-corrected chi connectivity index (χ0v) is 18.1. The lowest BCUT2D eigenvalue weighted by molar-refractivity contribution is -0.116. The highest BCUT2D eigenvalue weighted by atomic mass is 16.2. The van der Waals surface area contributed by atoms with Gasteiger partial charge in [-0.05, 0) is 62.2 Å². The Bertz CT molecular complexity index is 897. The van der Waals surface area contributed by atoms with E-state index in [1.54, 1.807) is 24.3 Å². The van der Waals surface area contributed by atoms with Crippen molar-refractivity contribution >= 4 is 17.5 Å². The Labute approximate surface area is 184 Å². The van der Waals surface area contributed by atoms with Crippen LogP contribution in [0.25, 0.3) is 0 Å². The van der Waals surface area contributed by atoms with Crippen LogP contribution in [0.2, 0.25) is 0 Å². The summed E-state index contributed by atoms with van der Waals surface area (Å²) in [5, 5.41) is 11.8. The second kappa shape index (κ2) is 11.3. The van der Waals surface area contributed by atoms with Crippen molar-refractivity contribution < 1.29 is 9.59 Å². The SMILES string of the molecule is CCCN(CCC(=O)Nc1ccc(C#N)cc1)C1CCN(C(=O)c2ccccc2)CC1. The molecule has 1 N–H and O–H groups in total. The van der Waals surface area contributed by atoms with Crippen molar-refractivity contribution in [3.05, 3.63) is 65.7 Å². The van der Waals surface area contributed by atoms with Gasteiger partial charge in [0.1, 0.15) is 0 Å². The summed E-state index contributed by atoms with van der Waals surface area (Å²) in [5.41, 5.74) is 2.02. The lowest BCUT2D eigenvalue weighted by Gasteiger charge is -2.38. The number of anilines is 1. The molecule has 0 aliphatic carbocycles. The summed E-state index contributed by atoms with van der Waals surface area (Å²) in [6.07, 6.45) is 3.30. The Morgan fingerprint density at radius 2 is 1.74 bits per heavy atom. The molecule has 0 unspecified atom stereocenters. The van der Waals surface area contributed by atoms with Gasteiger partial charge in [-0.1, -0.05) is 25.1 Å². The highest BCUT2D eigenvalue weighted by Crippen LogP contribution is 2.19. The number of piperidine rings is 1. The van der Waals surface area contributed by atoms with E-state index in [0.29, 0.717) is 30.3 Å². The van der Waals surface area contributed by atoms with Gasteiger partial charge in [-0.3, -0.25) is 14.5 Å². The zero-order valence-electron chi connectivity index (χ0n) is 18.1. The van der Waals surface area contributed by atoms with Crippen molar-refractivity contribution in [3.8, 4) is 6.07 Å². The minimum absolute atomic E-state index is 0.0255. The predicted octanol–water partition coefficient (Wildman–Crippen LogP) is 3.90. The van der Waals surface area contributed by atoms with E-state index in [1.807, 2.05) is 35.2 Å². The van der Waals surface area contributed by atoms with Crippen molar-refractivity contribution in [2.24, 2.45) is 0 Å². The van der Waals surface area contributed by atoms with Crippen LogP contribution in [0.3, 0.4) is 0 Å². The summed E-state index contributed by atoms with van der Waals surface area (Å²) < 4.78 is 0. The molecule has 1 aliphatic rings. The number of nitriles is 1. The minimum atomic E-state index is -0.0255. The molecular formula is C25H30N4O2. The number of benzene rings is 2. The molecule has 0 radical (unpaired) electrons. The number of likely N-dealkylation sites (tertiary alicyclic amines) is 1. The second-order valence-electron chi connectivity index (χ2n) is 7.91. The van der Waals surface area contributed by atoms with Crippen LogP contribution in [-0.2, 0) is 4.79 Å². The van der Waals surface area contributed by atoms with Crippen LogP contribution in [0, 0.1) is 11.3 Å². The van der Waals surface area contributed by atoms with Crippen LogP contribution in [-0.4, -0.2) is 53.8 Å². The summed E-state index contributed by atoms with van der Waals surface area (Å²) in [7, 11) is 0.